The maximum Gasteiger partial charge on any atom is 0.0465 e. The Morgan fingerprint density at radius 3 is 1.43 bits per heavy atom. The highest BCUT2D eigenvalue weighted by Gasteiger charge is 2.36. The highest BCUT2D eigenvalue weighted by atomic mass is 15.1. The summed E-state index contributed by atoms with van der Waals surface area (Å²) in [5.41, 5.74) is 15.3. The van der Waals surface area contributed by atoms with Gasteiger partial charge in [-0.3, -0.25) is 0 Å². The van der Waals surface area contributed by atoms with Gasteiger partial charge in [0.1, 0.15) is 0 Å². The van der Waals surface area contributed by atoms with Crippen LogP contribution in [0.25, 0.3) is 33.4 Å². The van der Waals surface area contributed by atoms with Crippen molar-refractivity contribution in [2.75, 3.05) is 4.90 Å². The van der Waals surface area contributed by atoms with Gasteiger partial charge < -0.3 is 4.90 Å². The molecule has 1 nitrogen and oxygen atoms in total. The highest BCUT2D eigenvalue weighted by molar-refractivity contribution is 5.86. The zero-order valence-electron chi connectivity index (χ0n) is 26.1. The van der Waals surface area contributed by atoms with E-state index >= 15 is 0 Å². The molecule has 0 spiro atoms. The minimum absolute atomic E-state index is 0.0792. The molecule has 0 bridgehead atoms. The third-order valence-corrected chi connectivity index (χ3v) is 9.59. The molecular weight excluding hydrogens is 530 g/mol. The zero-order chi connectivity index (χ0) is 30.3. The molecule has 216 valence electrons. The van der Waals surface area contributed by atoms with Crippen molar-refractivity contribution in [1.29, 1.82) is 0 Å². The first-order chi connectivity index (χ1) is 21.4. The van der Waals surface area contributed by atoms with Gasteiger partial charge in [-0.2, -0.15) is 0 Å². The van der Waals surface area contributed by atoms with Crippen molar-refractivity contribution in [1.82, 2.24) is 0 Å². The fourth-order valence-electron chi connectivity index (χ4n) is 6.74. The first kappa shape index (κ1) is 27.9. The molecule has 1 heteroatoms. The summed E-state index contributed by atoms with van der Waals surface area (Å²) in [6, 6.07) is 53.3. The standard InChI is InChI=1S/C43H39N/c1-5-30(2)35-20-26-39-40-27-25-38(29-42(40)43(3,4)41(39)28-35)44(36-21-16-33(17-22-36)31-12-8-6-9-13-31)37-23-18-34(19-24-37)32-14-10-7-11-15-32/h6-30H,5H2,1-4H3. The second kappa shape index (κ2) is 11.3. The summed E-state index contributed by atoms with van der Waals surface area (Å²) in [6.45, 7) is 9.38. The lowest BCUT2D eigenvalue weighted by molar-refractivity contribution is 0.655. The van der Waals surface area contributed by atoms with E-state index in [2.05, 4.69) is 178 Å². The van der Waals surface area contributed by atoms with Crippen molar-refractivity contribution in [3.05, 3.63) is 162 Å². The molecule has 1 atom stereocenters. The quantitative estimate of drug-likeness (QED) is 0.185. The molecule has 0 N–H and O–H groups in total. The summed E-state index contributed by atoms with van der Waals surface area (Å²) in [5, 5.41) is 0. The van der Waals surface area contributed by atoms with Crippen LogP contribution in [0.15, 0.2) is 146 Å². The van der Waals surface area contributed by atoms with Crippen molar-refractivity contribution in [2.45, 2.75) is 45.4 Å². The van der Waals surface area contributed by atoms with Crippen LogP contribution in [-0.4, -0.2) is 0 Å². The predicted octanol–water partition coefficient (Wildman–Crippen LogP) is 12.3. The summed E-state index contributed by atoms with van der Waals surface area (Å²) in [4.78, 5) is 2.40. The summed E-state index contributed by atoms with van der Waals surface area (Å²) < 4.78 is 0. The number of benzene rings is 6. The van der Waals surface area contributed by atoms with Gasteiger partial charge in [-0.15, -0.1) is 0 Å². The SMILES string of the molecule is CCC(C)c1ccc2c(c1)C(C)(C)c1cc(N(c3ccc(-c4ccccc4)cc3)c3ccc(-c4ccccc4)cc3)ccc1-2. The highest BCUT2D eigenvalue weighted by Crippen LogP contribution is 2.51. The maximum atomic E-state index is 2.46. The molecule has 6 aromatic carbocycles. The van der Waals surface area contributed by atoms with Crippen molar-refractivity contribution in [3.8, 4) is 33.4 Å². The third kappa shape index (κ3) is 4.93. The van der Waals surface area contributed by atoms with Gasteiger partial charge in [-0.25, -0.2) is 0 Å². The monoisotopic (exact) mass is 569 g/mol. The summed E-state index contributed by atoms with van der Waals surface area (Å²) in [7, 11) is 0. The minimum atomic E-state index is -0.0792. The average Bonchev–Trinajstić information content (AvgIpc) is 3.31. The molecule has 0 saturated carbocycles. The molecule has 0 aromatic heterocycles. The van der Waals surface area contributed by atoms with Gasteiger partial charge in [0.2, 0.25) is 0 Å². The summed E-state index contributed by atoms with van der Waals surface area (Å²) in [6.07, 6.45) is 1.15. The van der Waals surface area contributed by atoms with E-state index in [0.717, 1.165) is 17.8 Å². The van der Waals surface area contributed by atoms with Crippen LogP contribution in [0.1, 0.15) is 56.7 Å². The molecule has 0 fully saturated rings. The van der Waals surface area contributed by atoms with Gasteiger partial charge in [0.25, 0.3) is 0 Å². The van der Waals surface area contributed by atoms with Crippen molar-refractivity contribution >= 4 is 17.1 Å². The lowest BCUT2D eigenvalue weighted by Crippen LogP contribution is -2.17. The topological polar surface area (TPSA) is 3.24 Å². The second-order valence-electron chi connectivity index (χ2n) is 12.6. The number of fused-ring (bicyclic) bond motifs is 3. The first-order valence-corrected chi connectivity index (χ1v) is 15.8. The van der Waals surface area contributed by atoms with E-state index in [1.807, 2.05) is 0 Å². The second-order valence-corrected chi connectivity index (χ2v) is 12.6. The van der Waals surface area contributed by atoms with E-state index in [1.165, 1.54) is 55.8 Å². The van der Waals surface area contributed by atoms with Crippen LogP contribution in [0, 0.1) is 0 Å². The molecule has 44 heavy (non-hydrogen) atoms. The molecule has 0 amide bonds. The van der Waals surface area contributed by atoms with E-state index in [-0.39, 0.29) is 5.41 Å². The molecule has 7 rings (SSSR count). The van der Waals surface area contributed by atoms with E-state index in [9.17, 15) is 0 Å². The van der Waals surface area contributed by atoms with Crippen molar-refractivity contribution < 1.29 is 0 Å². The van der Waals surface area contributed by atoms with Crippen LogP contribution in [0.5, 0.6) is 0 Å². The number of rotatable bonds is 7. The number of hydrogen-bond donors (Lipinski definition) is 0. The van der Waals surface area contributed by atoms with Crippen LogP contribution in [0.4, 0.5) is 17.1 Å². The number of anilines is 3. The molecule has 1 unspecified atom stereocenters. The van der Waals surface area contributed by atoms with Crippen LogP contribution in [-0.2, 0) is 5.41 Å². The molecule has 0 heterocycles. The van der Waals surface area contributed by atoms with E-state index < -0.39 is 0 Å². The van der Waals surface area contributed by atoms with E-state index in [4.69, 9.17) is 0 Å². The van der Waals surface area contributed by atoms with E-state index in [1.54, 1.807) is 0 Å². The predicted molar refractivity (Wildman–Crippen MR) is 188 cm³/mol. The summed E-state index contributed by atoms with van der Waals surface area (Å²) >= 11 is 0. The molecule has 1 aliphatic carbocycles. The van der Waals surface area contributed by atoms with Gasteiger partial charge in [-0.05, 0) is 98.8 Å². The van der Waals surface area contributed by atoms with Gasteiger partial charge in [0.15, 0.2) is 0 Å². The fraction of sp³-hybridized carbons (Fsp3) is 0.163. The maximum absolute atomic E-state index is 2.46. The zero-order valence-corrected chi connectivity index (χ0v) is 26.1. The minimum Gasteiger partial charge on any atom is -0.310 e. The average molecular weight is 570 g/mol. The van der Waals surface area contributed by atoms with E-state index in [0.29, 0.717) is 5.92 Å². The largest absolute Gasteiger partial charge is 0.310 e. The first-order valence-electron chi connectivity index (χ1n) is 15.8. The van der Waals surface area contributed by atoms with Gasteiger partial charge in [0, 0.05) is 22.5 Å². The van der Waals surface area contributed by atoms with Gasteiger partial charge in [-0.1, -0.05) is 137 Å². The third-order valence-electron chi connectivity index (χ3n) is 9.59. The Labute approximate surface area is 262 Å². The van der Waals surface area contributed by atoms with Crippen molar-refractivity contribution in [3.63, 3.8) is 0 Å². The molecule has 0 saturated heterocycles. The smallest absolute Gasteiger partial charge is 0.0465 e. The number of hydrogen-bond acceptors (Lipinski definition) is 1. The molecule has 0 aliphatic heterocycles. The Hall–Kier alpha value is -4.88. The molecule has 6 aromatic rings. The summed E-state index contributed by atoms with van der Waals surface area (Å²) in [5.74, 6) is 0.559. The van der Waals surface area contributed by atoms with Crippen LogP contribution >= 0.6 is 0 Å². The molecule has 0 radical (unpaired) electrons. The Balaban J connectivity index is 1.32. The Morgan fingerprint density at radius 2 is 0.932 bits per heavy atom. The fourth-order valence-corrected chi connectivity index (χ4v) is 6.74. The van der Waals surface area contributed by atoms with Crippen LogP contribution in [0.2, 0.25) is 0 Å². The Kier molecular flexibility index (Phi) is 7.18. The van der Waals surface area contributed by atoms with Crippen molar-refractivity contribution in [2.24, 2.45) is 0 Å². The van der Waals surface area contributed by atoms with Gasteiger partial charge >= 0.3 is 0 Å². The normalized spacial score (nSPS) is 13.6. The number of nitrogens with zero attached hydrogens (tertiary/aromatic N) is 1. The lowest BCUT2D eigenvalue weighted by Gasteiger charge is -2.28. The van der Waals surface area contributed by atoms with Gasteiger partial charge in [0.05, 0.1) is 0 Å². The van der Waals surface area contributed by atoms with Crippen LogP contribution < -0.4 is 4.90 Å². The lowest BCUT2D eigenvalue weighted by atomic mass is 9.81. The Morgan fingerprint density at radius 1 is 0.500 bits per heavy atom. The van der Waals surface area contributed by atoms with Crippen LogP contribution in [0.3, 0.4) is 0 Å². The molecular formula is C43H39N. The Bertz CT molecular complexity index is 1820. The molecule has 1 aliphatic rings.